The Kier molecular flexibility index (Phi) is 3.98. The number of nitrogens with two attached hydrogens (primary N) is 1. The van der Waals surface area contributed by atoms with Gasteiger partial charge in [-0.25, -0.2) is 8.78 Å². The molecule has 1 aromatic carbocycles. The van der Waals surface area contributed by atoms with Crippen LogP contribution in [0.25, 0.3) is 0 Å². The summed E-state index contributed by atoms with van der Waals surface area (Å²) in [5, 5.41) is 8.49. The van der Waals surface area contributed by atoms with E-state index in [-0.39, 0.29) is 10.0 Å². The van der Waals surface area contributed by atoms with E-state index in [4.69, 9.17) is 10.8 Å². The van der Waals surface area contributed by atoms with Crippen LogP contribution in [-0.4, -0.2) is 17.1 Å². The summed E-state index contributed by atoms with van der Waals surface area (Å²) in [6, 6.07) is 4.18. The molecule has 0 bridgehead atoms. The van der Waals surface area contributed by atoms with Crippen LogP contribution in [0.4, 0.5) is 8.78 Å². The number of carboxylic acids is 1. The van der Waals surface area contributed by atoms with E-state index in [1.807, 2.05) is 0 Å². The van der Waals surface area contributed by atoms with Crippen molar-refractivity contribution in [1.82, 2.24) is 0 Å². The van der Waals surface area contributed by atoms with Crippen molar-refractivity contribution >= 4 is 21.9 Å². The van der Waals surface area contributed by atoms with E-state index in [2.05, 4.69) is 15.9 Å². The third-order valence-corrected chi connectivity index (χ3v) is 2.75. The van der Waals surface area contributed by atoms with E-state index >= 15 is 0 Å². The lowest BCUT2D eigenvalue weighted by Crippen LogP contribution is -2.35. The van der Waals surface area contributed by atoms with Crippen molar-refractivity contribution < 1.29 is 18.7 Å². The Labute approximate surface area is 99.4 Å². The monoisotopic (exact) mass is 293 g/mol. The van der Waals surface area contributed by atoms with Crippen LogP contribution in [0, 0.1) is 0 Å². The first kappa shape index (κ1) is 13.1. The maximum absolute atomic E-state index is 13.7. The molecule has 0 aliphatic heterocycles. The standard InChI is InChI=1S/C10H10BrF2NO2/c11-7-4-2-1-3-6(7)10(12,13)5-8(14)9(15)16/h1-4,8H,5,14H2,(H,15,16). The fourth-order valence-electron chi connectivity index (χ4n) is 1.23. The fourth-order valence-corrected chi connectivity index (χ4v) is 1.81. The van der Waals surface area contributed by atoms with Crippen molar-refractivity contribution in [2.24, 2.45) is 5.73 Å². The van der Waals surface area contributed by atoms with Gasteiger partial charge < -0.3 is 10.8 Å². The minimum atomic E-state index is -3.27. The quantitative estimate of drug-likeness (QED) is 0.896. The summed E-state index contributed by atoms with van der Waals surface area (Å²) in [7, 11) is 0. The van der Waals surface area contributed by atoms with Crippen LogP contribution < -0.4 is 5.73 Å². The molecule has 1 rings (SSSR count). The molecule has 0 amide bonds. The predicted molar refractivity (Wildman–Crippen MR) is 58.3 cm³/mol. The van der Waals surface area contributed by atoms with Gasteiger partial charge in [0.2, 0.25) is 0 Å². The molecule has 6 heteroatoms. The molecular weight excluding hydrogens is 284 g/mol. The first-order valence-electron chi connectivity index (χ1n) is 4.46. The zero-order valence-electron chi connectivity index (χ0n) is 8.16. The summed E-state index contributed by atoms with van der Waals surface area (Å²) < 4.78 is 27.5. The summed E-state index contributed by atoms with van der Waals surface area (Å²) in [5.74, 6) is -4.70. The second kappa shape index (κ2) is 4.88. The maximum atomic E-state index is 13.7. The van der Waals surface area contributed by atoms with Gasteiger partial charge >= 0.3 is 5.97 Å². The van der Waals surface area contributed by atoms with Crippen molar-refractivity contribution in [2.75, 3.05) is 0 Å². The lowest BCUT2D eigenvalue weighted by atomic mass is 10.0. The van der Waals surface area contributed by atoms with Crippen LogP contribution >= 0.6 is 15.9 Å². The van der Waals surface area contributed by atoms with Gasteiger partial charge in [0.15, 0.2) is 0 Å². The average molecular weight is 294 g/mol. The van der Waals surface area contributed by atoms with Gasteiger partial charge in [-0.2, -0.15) is 0 Å². The molecule has 0 saturated heterocycles. The zero-order valence-corrected chi connectivity index (χ0v) is 9.75. The molecular formula is C10H10BrF2NO2. The number of carbonyl (C=O) groups is 1. The molecule has 3 nitrogen and oxygen atoms in total. The van der Waals surface area contributed by atoms with Gasteiger partial charge in [-0.05, 0) is 6.07 Å². The van der Waals surface area contributed by atoms with Crippen LogP contribution in [0.2, 0.25) is 0 Å². The molecule has 1 atom stereocenters. The second-order valence-electron chi connectivity index (χ2n) is 3.33. The van der Waals surface area contributed by atoms with Gasteiger partial charge in [0, 0.05) is 16.5 Å². The number of aliphatic carboxylic acids is 1. The van der Waals surface area contributed by atoms with Gasteiger partial charge in [-0.1, -0.05) is 34.1 Å². The van der Waals surface area contributed by atoms with E-state index in [0.717, 1.165) is 0 Å². The number of rotatable bonds is 4. The molecule has 0 aliphatic carbocycles. The minimum Gasteiger partial charge on any atom is -0.480 e. The lowest BCUT2D eigenvalue weighted by Gasteiger charge is -2.19. The van der Waals surface area contributed by atoms with E-state index < -0.39 is 24.4 Å². The molecule has 1 unspecified atom stereocenters. The fraction of sp³-hybridized carbons (Fsp3) is 0.300. The highest BCUT2D eigenvalue weighted by Gasteiger charge is 2.37. The number of benzene rings is 1. The largest absolute Gasteiger partial charge is 0.480 e. The topological polar surface area (TPSA) is 63.3 Å². The predicted octanol–water partition coefficient (Wildman–Crippen LogP) is 2.34. The Morgan fingerprint density at radius 3 is 2.56 bits per heavy atom. The first-order valence-corrected chi connectivity index (χ1v) is 5.25. The molecule has 16 heavy (non-hydrogen) atoms. The molecule has 0 heterocycles. The van der Waals surface area contributed by atoms with Gasteiger partial charge in [0.25, 0.3) is 5.92 Å². The van der Waals surface area contributed by atoms with Crippen LogP contribution in [0.3, 0.4) is 0 Å². The van der Waals surface area contributed by atoms with E-state index in [0.29, 0.717) is 0 Å². The van der Waals surface area contributed by atoms with Crippen LogP contribution in [0.15, 0.2) is 28.7 Å². The Hall–Kier alpha value is -1.01. The molecule has 0 aliphatic rings. The third-order valence-electron chi connectivity index (χ3n) is 2.06. The molecule has 1 aromatic rings. The highest BCUT2D eigenvalue weighted by molar-refractivity contribution is 9.10. The molecule has 0 saturated carbocycles. The Morgan fingerprint density at radius 2 is 2.06 bits per heavy atom. The molecule has 3 N–H and O–H groups in total. The highest BCUT2D eigenvalue weighted by atomic mass is 79.9. The van der Waals surface area contributed by atoms with Gasteiger partial charge in [-0.3, -0.25) is 4.79 Å². The van der Waals surface area contributed by atoms with Crippen molar-refractivity contribution in [3.8, 4) is 0 Å². The SMILES string of the molecule is NC(CC(F)(F)c1ccccc1Br)C(=O)O. The van der Waals surface area contributed by atoms with Crippen molar-refractivity contribution in [3.05, 3.63) is 34.3 Å². The molecule has 88 valence electrons. The van der Waals surface area contributed by atoms with Crippen LogP contribution in [0.5, 0.6) is 0 Å². The normalized spacial score (nSPS) is 13.5. The van der Waals surface area contributed by atoms with Crippen molar-refractivity contribution in [2.45, 2.75) is 18.4 Å². The third kappa shape index (κ3) is 2.99. The smallest absolute Gasteiger partial charge is 0.320 e. The maximum Gasteiger partial charge on any atom is 0.320 e. The van der Waals surface area contributed by atoms with Crippen LogP contribution in [-0.2, 0) is 10.7 Å². The summed E-state index contributed by atoms with van der Waals surface area (Å²) in [5.41, 5.74) is 4.84. The second-order valence-corrected chi connectivity index (χ2v) is 4.19. The Bertz CT molecular complexity index is 398. The van der Waals surface area contributed by atoms with Gasteiger partial charge in [0.05, 0.1) is 0 Å². The van der Waals surface area contributed by atoms with Gasteiger partial charge in [0.1, 0.15) is 6.04 Å². The average Bonchev–Trinajstić information content (AvgIpc) is 2.17. The summed E-state index contributed by atoms with van der Waals surface area (Å²) in [6.07, 6.45) is -0.926. The number of carboxylic acid groups (broad SMARTS) is 1. The minimum absolute atomic E-state index is 0.234. The van der Waals surface area contributed by atoms with Gasteiger partial charge in [-0.15, -0.1) is 0 Å². The Morgan fingerprint density at radius 1 is 1.50 bits per heavy atom. The number of halogens is 3. The van der Waals surface area contributed by atoms with E-state index in [9.17, 15) is 13.6 Å². The number of hydrogen-bond acceptors (Lipinski definition) is 2. The molecule has 0 aromatic heterocycles. The first-order chi connectivity index (χ1) is 7.34. The molecule has 0 radical (unpaired) electrons. The van der Waals surface area contributed by atoms with Crippen molar-refractivity contribution in [3.63, 3.8) is 0 Å². The summed E-state index contributed by atoms with van der Waals surface area (Å²) in [6.45, 7) is 0. The zero-order chi connectivity index (χ0) is 12.3. The van der Waals surface area contributed by atoms with Crippen LogP contribution in [0.1, 0.15) is 12.0 Å². The summed E-state index contributed by atoms with van der Waals surface area (Å²) >= 11 is 2.99. The van der Waals surface area contributed by atoms with E-state index in [1.165, 1.54) is 18.2 Å². The Balaban J connectivity index is 2.94. The van der Waals surface area contributed by atoms with Crippen molar-refractivity contribution in [1.29, 1.82) is 0 Å². The molecule has 0 fully saturated rings. The number of hydrogen-bond donors (Lipinski definition) is 2. The highest BCUT2D eigenvalue weighted by Crippen LogP contribution is 2.36. The lowest BCUT2D eigenvalue weighted by molar-refractivity contribution is -0.141. The van der Waals surface area contributed by atoms with E-state index in [1.54, 1.807) is 6.07 Å². The summed E-state index contributed by atoms with van der Waals surface area (Å²) in [4.78, 5) is 10.4. The number of alkyl halides is 2. The molecule has 0 spiro atoms.